The van der Waals surface area contributed by atoms with Gasteiger partial charge in [0.2, 0.25) is 5.56 Å². The Bertz CT molecular complexity index is 432. The first-order valence-corrected chi connectivity index (χ1v) is 6.18. The molecular weight excluding hydrogens is 216 g/mol. The molecule has 1 amide bonds. The highest BCUT2D eigenvalue weighted by Crippen LogP contribution is 2.20. The Balaban J connectivity index is 2.09. The van der Waals surface area contributed by atoms with Crippen LogP contribution in [0.1, 0.15) is 36.5 Å². The standard InChI is InChI=1S/C13H18N2O2/c1-2-10-4-3-7-15(9-10)13(17)11-5-6-12(16)14-8-11/h5-6,8,10H,2-4,7,9H2,1H3,(H,14,16). The summed E-state index contributed by atoms with van der Waals surface area (Å²) in [5.74, 6) is 0.648. The fraction of sp³-hybridized carbons (Fsp3) is 0.538. The van der Waals surface area contributed by atoms with E-state index >= 15 is 0 Å². The van der Waals surface area contributed by atoms with Crippen LogP contribution in [0.25, 0.3) is 0 Å². The Morgan fingerprint density at radius 3 is 3.00 bits per heavy atom. The lowest BCUT2D eigenvalue weighted by Crippen LogP contribution is -2.39. The minimum atomic E-state index is -0.174. The summed E-state index contributed by atoms with van der Waals surface area (Å²) in [6, 6.07) is 2.99. The fourth-order valence-electron chi connectivity index (χ4n) is 2.31. The van der Waals surface area contributed by atoms with Gasteiger partial charge in [-0.25, -0.2) is 0 Å². The minimum absolute atomic E-state index is 0.0272. The van der Waals surface area contributed by atoms with Crippen molar-refractivity contribution in [2.24, 2.45) is 5.92 Å². The summed E-state index contributed by atoms with van der Waals surface area (Å²) in [4.78, 5) is 27.6. The molecule has 1 atom stereocenters. The highest BCUT2D eigenvalue weighted by atomic mass is 16.2. The quantitative estimate of drug-likeness (QED) is 0.845. The zero-order valence-corrected chi connectivity index (χ0v) is 10.1. The normalized spacial score (nSPS) is 20.3. The second-order valence-corrected chi connectivity index (χ2v) is 4.61. The number of H-pyrrole nitrogens is 1. The molecule has 1 aliphatic rings. The summed E-state index contributed by atoms with van der Waals surface area (Å²) in [6.45, 7) is 3.83. The first-order valence-electron chi connectivity index (χ1n) is 6.18. The predicted octanol–water partition coefficient (Wildman–Crippen LogP) is 1.64. The van der Waals surface area contributed by atoms with Crippen molar-refractivity contribution in [3.05, 3.63) is 34.2 Å². The second-order valence-electron chi connectivity index (χ2n) is 4.61. The third kappa shape index (κ3) is 2.75. The lowest BCUT2D eigenvalue weighted by molar-refractivity contribution is 0.0671. The smallest absolute Gasteiger partial charge is 0.255 e. The summed E-state index contributed by atoms with van der Waals surface area (Å²) in [5, 5.41) is 0. The van der Waals surface area contributed by atoms with Gasteiger partial charge < -0.3 is 9.88 Å². The molecule has 4 nitrogen and oxygen atoms in total. The van der Waals surface area contributed by atoms with Crippen LogP contribution in [-0.4, -0.2) is 28.9 Å². The van der Waals surface area contributed by atoms with Gasteiger partial charge in [0.15, 0.2) is 0 Å². The van der Waals surface area contributed by atoms with Gasteiger partial charge in [0.25, 0.3) is 5.91 Å². The third-order valence-electron chi connectivity index (χ3n) is 3.41. The third-order valence-corrected chi connectivity index (χ3v) is 3.41. The van der Waals surface area contributed by atoms with Crippen molar-refractivity contribution in [2.45, 2.75) is 26.2 Å². The number of aromatic amines is 1. The topological polar surface area (TPSA) is 53.2 Å². The van der Waals surface area contributed by atoms with Crippen LogP contribution < -0.4 is 5.56 Å². The lowest BCUT2D eigenvalue weighted by atomic mass is 9.95. The molecule has 4 heteroatoms. The van der Waals surface area contributed by atoms with Gasteiger partial charge >= 0.3 is 0 Å². The number of carbonyl (C=O) groups excluding carboxylic acids is 1. The molecule has 2 heterocycles. The Hall–Kier alpha value is -1.58. The minimum Gasteiger partial charge on any atom is -0.338 e. The van der Waals surface area contributed by atoms with Crippen molar-refractivity contribution in [3.63, 3.8) is 0 Å². The summed E-state index contributed by atoms with van der Waals surface area (Å²) < 4.78 is 0. The maximum absolute atomic E-state index is 12.2. The van der Waals surface area contributed by atoms with Crippen molar-refractivity contribution in [1.29, 1.82) is 0 Å². The van der Waals surface area contributed by atoms with Gasteiger partial charge in [0, 0.05) is 25.4 Å². The Morgan fingerprint density at radius 1 is 1.53 bits per heavy atom. The number of piperidine rings is 1. The first-order chi connectivity index (χ1) is 8.20. The van der Waals surface area contributed by atoms with Gasteiger partial charge in [-0.15, -0.1) is 0 Å². The molecule has 0 aliphatic carbocycles. The molecule has 0 aromatic carbocycles. The molecule has 1 N–H and O–H groups in total. The molecule has 0 saturated carbocycles. The van der Waals surface area contributed by atoms with Crippen LogP contribution in [-0.2, 0) is 0 Å². The maximum atomic E-state index is 12.2. The van der Waals surface area contributed by atoms with E-state index in [4.69, 9.17) is 0 Å². The van der Waals surface area contributed by atoms with Crippen molar-refractivity contribution in [2.75, 3.05) is 13.1 Å². The van der Waals surface area contributed by atoms with E-state index in [0.29, 0.717) is 11.5 Å². The van der Waals surface area contributed by atoms with Gasteiger partial charge in [-0.3, -0.25) is 9.59 Å². The monoisotopic (exact) mass is 234 g/mol. The number of nitrogens with zero attached hydrogens (tertiary/aromatic N) is 1. The van der Waals surface area contributed by atoms with E-state index in [1.54, 1.807) is 6.07 Å². The summed E-state index contributed by atoms with van der Waals surface area (Å²) in [5.41, 5.74) is 0.396. The van der Waals surface area contributed by atoms with Crippen LogP contribution in [0.3, 0.4) is 0 Å². The number of hydrogen-bond acceptors (Lipinski definition) is 2. The number of aromatic nitrogens is 1. The summed E-state index contributed by atoms with van der Waals surface area (Å²) >= 11 is 0. The molecule has 1 unspecified atom stereocenters. The number of hydrogen-bond donors (Lipinski definition) is 1. The van der Waals surface area contributed by atoms with E-state index in [0.717, 1.165) is 25.9 Å². The van der Waals surface area contributed by atoms with Crippen LogP contribution in [0.4, 0.5) is 0 Å². The molecule has 1 aromatic heterocycles. The van der Waals surface area contributed by atoms with E-state index in [9.17, 15) is 9.59 Å². The molecule has 1 fully saturated rings. The largest absolute Gasteiger partial charge is 0.338 e. The van der Waals surface area contributed by atoms with Crippen LogP contribution in [0.15, 0.2) is 23.1 Å². The molecule has 17 heavy (non-hydrogen) atoms. The zero-order valence-electron chi connectivity index (χ0n) is 10.1. The van der Waals surface area contributed by atoms with Gasteiger partial charge in [-0.05, 0) is 24.8 Å². The number of carbonyl (C=O) groups is 1. The fourth-order valence-corrected chi connectivity index (χ4v) is 2.31. The van der Waals surface area contributed by atoms with Gasteiger partial charge in [0.1, 0.15) is 0 Å². The second kappa shape index (κ2) is 5.17. The van der Waals surface area contributed by atoms with E-state index in [1.807, 2.05) is 4.90 Å². The van der Waals surface area contributed by atoms with E-state index in [2.05, 4.69) is 11.9 Å². The molecule has 92 valence electrons. The number of pyridine rings is 1. The Morgan fingerprint density at radius 2 is 2.35 bits per heavy atom. The number of rotatable bonds is 2. The average Bonchev–Trinajstić information content (AvgIpc) is 2.39. The molecule has 1 aromatic rings. The van der Waals surface area contributed by atoms with Crippen LogP contribution >= 0.6 is 0 Å². The Kier molecular flexibility index (Phi) is 3.61. The van der Waals surface area contributed by atoms with Crippen LogP contribution in [0.2, 0.25) is 0 Å². The van der Waals surface area contributed by atoms with Crippen molar-refractivity contribution < 1.29 is 4.79 Å². The van der Waals surface area contributed by atoms with E-state index < -0.39 is 0 Å². The molecule has 1 aliphatic heterocycles. The summed E-state index contributed by atoms with van der Waals surface area (Å²) in [6.07, 6.45) is 4.91. The van der Waals surface area contributed by atoms with Crippen LogP contribution in [0, 0.1) is 5.92 Å². The highest BCUT2D eigenvalue weighted by molar-refractivity contribution is 5.93. The van der Waals surface area contributed by atoms with Gasteiger partial charge in [-0.2, -0.15) is 0 Å². The van der Waals surface area contributed by atoms with E-state index in [1.165, 1.54) is 18.7 Å². The number of likely N-dealkylation sites (tertiary alicyclic amines) is 1. The maximum Gasteiger partial charge on any atom is 0.255 e. The molecule has 0 bridgehead atoms. The number of nitrogens with one attached hydrogen (secondary N) is 1. The first kappa shape index (κ1) is 11.9. The van der Waals surface area contributed by atoms with E-state index in [-0.39, 0.29) is 11.5 Å². The van der Waals surface area contributed by atoms with Crippen LogP contribution in [0.5, 0.6) is 0 Å². The average molecular weight is 234 g/mol. The molecule has 0 spiro atoms. The van der Waals surface area contributed by atoms with Crippen molar-refractivity contribution >= 4 is 5.91 Å². The number of amides is 1. The SMILES string of the molecule is CCC1CCCN(C(=O)c2ccc(=O)[nH]c2)C1. The zero-order chi connectivity index (χ0) is 12.3. The van der Waals surface area contributed by atoms with Gasteiger partial charge in [0.05, 0.1) is 5.56 Å². The molecular formula is C13H18N2O2. The predicted molar refractivity (Wildman–Crippen MR) is 66.0 cm³/mol. The molecule has 1 saturated heterocycles. The van der Waals surface area contributed by atoms with Gasteiger partial charge in [-0.1, -0.05) is 13.3 Å². The molecule has 2 rings (SSSR count). The Labute approximate surface area is 101 Å². The lowest BCUT2D eigenvalue weighted by Gasteiger charge is -2.32. The summed E-state index contributed by atoms with van der Waals surface area (Å²) in [7, 11) is 0. The van der Waals surface area contributed by atoms with Crippen molar-refractivity contribution in [3.8, 4) is 0 Å². The highest BCUT2D eigenvalue weighted by Gasteiger charge is 2.23. The van der Waals surface area contributed by atoms with Crippen molar-refractivity contribution in [1.82, 2.24) is 9.88 Å². The molecule has 0 radical (unpaired) electrons.